The van der Waals surface area contributed by atoms with E-state index in [2.05, 4.69) is 10.2 Å². The second-order valence-corrected chi connectivity index (χ2v) is 5.14. The van der Waals surface area contributed by atoms with E-state index >= 15 is 0 Å². The summed E-state index contributed by atoms with van der Waals surface area (Å²) in [5, 5.41) is 16.1. The van der Waals surface area contributed by atoms with Gasteiger partial charge in [-0.05, 0) is 18.8 Å². The van der Waals surface area contributed by atoms with Gasteiger partial charge in [-0.25, -0.2) is 0 Å². The minimum absolute atomic E-state index is 0.326. The van der Waals surface area contributed by atoms with E-state index in [0.717, 1.165) is 17.2 Å². The molecule has 1 fully saturated rings. The van der Waals surface area contributed by atoms with Crippen molar-refractivity contribution in [3.05, 3.63) is 5.51 Å². The molecular formula is C7H8N2O2S2. The van der Waals surface area contributed by atoms with Gasteiger partial charge in [0.15, 0.2) is 4.34 Å². The van der Waals surface area contributed by atoms with Gasteiger partial charge in [0.1, 0.15) is 10.8 Å². The van der Waals surface area contributed by atoms with Crippen LogP contribution in [0, 0.1) is 5.92 Å². The fourth-order valence-corrected chi connectivity index (χ4v) is 2.89. The minimum Gasteiger partial charge on any atom is -0.480 e. The number of carboxylic acid groups (broad SMARTS) is 1. The first-order valence-corrected chi connectivity index (χ1v) is 5.69. The molecule has 4 nitrogen and oxygen atoms in total. The molecule has 1 aromatic heterocycles. The normalized spacial score (nSPS) is 18.5. The summed E-state index contributed by atoms with van der Waals surface area (Å²) in [7, 11) is 0. The van der Waals surface area contributed by atoms with Crippen molar-refractivity contribution in [3.63, 3.8) is 0 Å². The maximum atomic E-state index is 10.8. The Morgan fingerprint density at radius 3 is 3.00 bits per heavy atom. The van der Waals surface area contributed by atoms with Crippen LogP contribution in [0.3, 0.4) is 0 Å². The van der Waals surface area contributed by atoms with Gasteiger partial charge in [-0.3, -0.25) is 4.79 Å². The number of nitrogens with zero attached hydrogens (tertiary/aromatic N) is 2. The van der Waals surface area contributed by atoms with E-state index in [9.17, 15) is 4.79 Å². The monoisotopic (exact) mass is 216 g/mol. The zero-order chi connectivity index (χ0) is 9.26. The van der Waals surface area contributed by atoms with Gasteiger partial charge in [0.25, 0.3) is 0 Å². The van der Waals surface area contributed by atoms with Crippen molar-refractivity contribution < 1.29 is 9.90 Å². The summed E-state index contributed by atoms with van der Waals surface area (Å²) in [6.45, 7) is 0. The second kappa shape index (κ2) is 3.63. The van der Waals surface area contributed by atoms with E-state index in [4.69, 9.17) is 5.11 Å². The molecule has 0 saturated heterocycles. The molecule has 1 aliphatic rings. The highest BCUT2D eigenvalue weighted by molar-refractivity contribution is 8.02. The van der Waals surface area contributed by atoms with Crippen LogP contribution in [0.1, 0.15) is 12.8 Å². The van der Waals surface area contributed by atoms with Gasteiger partial charge in [-0.15, -0.1) is 10.2 Å². The molecule has 1 saturated carbocycles. The zero-order valence-corrected chi connectivity index (χ0v) is 8.35. The van der Waals surface area contributed by atoms with Gasteiger partial charge in [-0.2, -0.15) is 0 Å². The number of thioether (sulfide) groups is 1. The number of rotatable bonds is 4. The van der Waals surface area contributed by atoms with Crippen LogP contribution in [-0.4, -0.2) is 26.5 Å². The smallest absolute Gasteiger partial charge is 0.317 e. The molecule has 1 N–H and O–H groups in total. The molecule has 1 aromatic rings. The van der Waals surface area contributed by atoms with Crippen LogP contribution in [0.25, 0.3) is 0 Å². The molecule has 1 heterocycles. The van der Waals surface area contributed by atoms with E-state index in [1.165, 1.54) is 23.1 Å². The van der Waals surface area contributed by atoms with E-state index in [-0.39, 0.29) is 5.25 Å². The summed E-state index contributed by atoms with van der Waals surface area (Å²) in [5.41, 5.74) is 1.62. The molecule has 70 valence electrons. The molecule has 6 heteroatoms. The molecular weight excluding hydrogens is 208 g/mol. The quantitative estimate of drug-likeness (QED) is 0.773. The van der Waals surface area contributed by atoms with E-state index in [1.807, 2.05) is 0 Å². The van der Waals surface area contributed by atoms with Crippen molar-refractivity contribution in [2.24, 2.45) is 5.92 Å². The molecule has 0 aromatic carbocycles. The Balaban J connectivity index is 2.01. The van der Waals surface area contributed by atoms with Crippen molar-refractivity contribution in [3.8, 4) is 0 Å². The van der Waals surface area contributed by atoms with Crippen molar-refractivity contribution in [2.75, 3.05) is 0 Å². The molecule has 1 unspecified atom stereocenters. The lowest BCUT2D eigenvalue weighted by Crippen LogP contribution is -2.18. The van der Waals surface area contributed by atoms with Gasteiger partial charge in [0, 0.05) is 0 Å². The average molecular weight is 216 g/mol. The third kappa shape index (κ3) is 2.19. The van der Waals surface area contributed by atoms with Crippen LogP contribution >= 0.6 is 23.1 Å². The van der Waals surface area contributed by atoms with Crippen molar-refractivity contribution in [1.29, 1.82) is 0 Å². The van der Waals surface area contributed by atoms with Crippen LogP contribution in [0.15, 0.2) is 9.85 Å². The number of aliphatic carboxylic acids is 1. The summed E-state index contributed by atoms with van der Waals surface area (Å²) < 4.78 is 0.749. The summed E-state index contributed by atoms with van der Waals surface area (Å²) in [5.74, 6) is -0.394. The Hall–Kier alpha value is -0.620. The summed E-state index contributed by atoms with van der Waals surface area (Å²) >= 11 is 2.71. The SMILES string of the molecule is O=C(O)C(Sc1nncs1)C1CC1. The van der Waals surface area contributed by atoms with Gasteiger partial charge in [-0.1, -0.05) is 23.1 Å². The lowest BCUT2D eigenvalue weighted by atomic mass is 10.3. The molecule has 2 rings (SSSR count). The molecule has 1 aliphatic carbocycles. The Morgan fingerprint density at radius 1 is 1.77 bits per heavy atom. The minimum atomic E-state index is -0.734. The van der Waals surface area contributed by atoms with Gasteiger partial charge in [0.2, 0.25) is 0 Å². The van der Waals surface area contributed by atoms with Crippen molar-refractivity contribution in [2.45, 2.75) is 22.4 Å². The van der Waals surface area contributed by atoms with Crippen LogP contribution < -0.4 is 0 Å². The Kier molecular flexibility index (Phi) is 2.50. The largest absolute Gasteiger partial charge is 0.480 e. The van der Waals surface area contributed by atoms with E-state index in [0.29, 0.717) is 5.92 Å². The predicted octanol–water partition coefficient (Wildman–Crippen LogP) is 1.49. The number of carboxylic acids is 1. The Morgan fingerprint density at radius 2 is 2.54 bits per heavy atom. The Labute approximate surface area is 83.4 Å². The lowest BCUT2D eigenvalue weighted by Gasteiger charge is -2.06. The highest BCUT2D eigenvalue weighted by Crippen LogP contribution is 2.41. The van der Waals surface area contributed by atoms with Gasteiger partial charge >= 0.3 is 5.97 Å². The van der Waals surface area contributed by atoms with Crippen LogP contribution in [0.5, 0.6) is 0 Å². The van der Waals surface area contributed by atoms with Crippen molar-refractivity contribution >= 4 is 29.1 Å². The molecule has 0 aliphatic heterocycles. The van der Waals surface area contributed by atoms with Crippen molar-refractivity contribution in [1.82, 2.24) is 10.2 Å². The second-order valence-electron chi connectivity index (χ2n) is 2.92. The maximum absolute atomic E-state index is 10.8. The molecule has 0 bridgehead atoms. The highest BCUT2D eigenvalue weighted by Gasteiger charge is 2.37. The van der Waals surface area contributed by atoms with Gasteiger partial charge < -0.3 is 5.11 Å². The number of carbonyl (C=O) groups is 1. The lowest BCUT2D eigenvalue weighted by molar-refractivity contribution is -0.136. The van der Waals surface area contributed by atoms with Crippen LogP contribution in [-0.2, 0) is 4.79 Å². The third-order valence-corrected chi connectivity index (χ3v) is 4.05. The predicted molar refractivity (Wildman–Crippen MR) is 49.9 cm³/mol. The maximum Gasteiger partial charge on any atom is 0.317 e. The summed E-state index contributed by atoms with van der Waals surface area (Å²) in [4.78, 5) is 10.8. The summed E-state index contributed by atoms with van der Waals surface area (Å²) in [6, 6.07) is 0. The van der Waals surface area contributed by atoms with Crippen LogP contribution in [0.2, 0.25) is 0 Å². The topological polar surface area (TPSA) is 63.1 Å². The number of aromatic nitrogens is 2. The highest BCUT2D eigenvalue weighted by atomic mass is 32.2. The van der Waals surface area contributed by atoms with Crippen LogP contribution in [0.4, 0.5) is 0 Å². The first-order valence-electron chi connectivity index (χ1n) is 3.93. The molecule has 1 atom stereocenters. The molecule has 13 heavy (non-hydrogen) atoms. The third-order valence-electron chi connectivity index (χ3n) is 1.86. The van der Waals surface area contributed by atoms with E-state index < -0.39 is 5.97 Å². The first-order chi connectivity index (χ1) is 6.27. The zero-order valence-electron chi connectivity index (χ0n) is 6.71. The summed E-state index contributed by atoms with van der Waals surface area (Å²) in [6.07, 6.45) is 2.06. The first kappa shape index (κ1) is 8.96. The molecule has 0 amide bonds. The molecule has 0 spiro atoms. The molecule has 0 radical (unpaired) electrons. The average Bonchev–Trinajstić information content (AvgIpc) is 2.79. The van der Waals surface area contributed by atoms with E-state index in [1.54, 1.807) is 5.51 Å². The fourth-order valence-electron chi connectivity index (χ4n) is 1.07. The number of hydrogen-bond donors (Lipinski definition) is 1. The fraction of sp³-hybridized carbons (Fsp3) is 0.571. The number of hydrogen-bond acceptors (Lipinski definition) is 5. The Bertz CT molecular complexity index is 297. The standard InChI is InChI=1S/C7H8N2O2S2/c10-6(11)5(4-1-2-4)13-7-9-8-3-12-7/h3-5H,1-2H2,(H,10,11). The van der Waals surface area contributed by atoms with Gasteiger partial charge in [0.05, 0.1) is 0 Å².